The number of hydrogen-bond acceptors (Lipinski definition) is 7. The zero-order chi connectivity index (χ0) is 16.8. The lowest BCUT2D eigenvalue weighted by Crippen LogP contribution is -2.37. The molecule has 7 nitrogen and oxygen atoms in total. The molecule has 1 aliphatic heterocycles. The van der Waals surface area contributed by atoms with Gasteiger partial charge < -0.3 is 14.4 Å². The Morgan fingerprint density at radius 1 is 1.21 bits per heavy atom. The van der Waals surface area contributed by atoms with E-state index >= 15 is 0 Å². The standard InChI is InChI=1S/C17H18N4O3/c1-23-16(22)15(14-2-4-18-5-3-14)10-13-11-19-17(20-12-13)21-6-8-24-9-7-21/h2-5,10-12H,6-9H2,1H3. The second-order valence-electron chi connectivity index (χ2n) is 5.20. The molecule has 0 bridgehead atoms. The minimum atomic E-state index is -0.418. The Balaban J connectivity index is 1.85. The van der Waals surface area contributed by atoms with Crippen LogP contribution in [0.5, 0.6) is 0 Å². The first-order chi connectivity index (χ1) is 11.8. The van der Waals surface area contributed by atoms with Crippen LogP contribution in [0.3, 0.4) is 0 Å². The number of carbonyl (C=O) groups is 1. The quantitative estimate of drug-likeness (QED) is 0.621. The van der Waals surface area contributed by atoms with Gasteiger partial charge in [-0.2, -0.15) is 0 Å². The molecule has 0 aromatic carbocycles. The number of rotatable bonds is 4. The summed E-state index contributed by atoms with van der Waals surface area (Å²) in [6.45, 7) is 2.91. The molecule has 0 spiro atoms. The molecule has 0 saturated carbocycles. The molecule has 1 aliphatic rings. The zero-order valence-electron chi connectivity index (χ0n) is 13.4. The molecule has 124 valence electrons. The molecule has 2 aromatic rings. The Bertz CT molecular complexity index is 710. The van der Waals surface area contributed by atoms with Crippen molar-refractivity contribution in [2.75, 3.05) is 38.3 Å². The third-order valence-electron chi connectivity index (χ3n) is 3.66. The summed E-state index contributed by atoms with van der Waals surface area (Å²) in [4.78, 5) is 26.9. The van der Waals surface area contributed by atoms with Crippen LogP contribution in [0.4, 0.5) is 5.95 Å². The van der Waals surface area contributed by atoms with Gasteiger partial charge in [0.25, 0.3) is 0 Å². The van der Waals surface area contributed by atoms with Crippen molar-refractivity contribution >= 4 is 23.6 Å². The number of esters is 1. The van der Waals surface area contributed by atoms with Gasteiger partial charge in [-0.25, -0.2) is 14.8 Å². The fourth-order valence-electron chi connectivity index (χ4n) is 2.40. The lowest BCUT2D eigenvalue weighted by molar-refractivity contribution is -0.133. The van der Waals surface area contributed by atoms with Crippen LogP contribution in [0.25, 0.3) is 11.6 Å². The van der Waals surface area contributed by atoms with Crippen molar-refractivity contribution in [2.24, 2.45) is 0 Å². The second-order valence-corrected chi connectivity index (χ2v) is 5.20. The van der Waals surface area contributed by atoms with Crippen LogP contribution in [-0.4, -0.2) is 54.3 Å². The Kier molecular flexibility index (Phi) is 5.12. The molecule has 0 radical (unpaired) electrons. The maximum absolute atomic E-state index is 12.1. The molecular weight excluding hydrogens is 308 g/mol. The van der Waals surface area contributed by atoms with Crippen molar-refractivity contribution in [1.82, 2.24) is 15.0 Å². The van der Waals surface area contributed by atoms with Crippen molar-refractivity contribution in [3.8, 4) is 0 Å². The van der Waals surface area contributed by atoms with Crippen LogP contribution in [0.1, 0.15) is 11.1 Å². The van der Waals surface area contributed by atoms with Gasteiger partial charge in [0.1, 0.15) is 0 Å². The number of aromatic nitrogens is 3. The third kappa shape index (κ3) is 3.75. The van der Waals surface area contributed by atoms with Crippen molar-refractivity contribution in [3.05, 3.63) is 48.0 Å². The normalized spacial score (nSPS) is 15.2. The molecule has 0 N–H and O–H groups in total. The maximum atomic E-state index is 12.1. The highest BCUT2D eigenvalue weighted by atomic mass is 16.5. The lowest BCUT2D eigenvalue weighted by Gasteiger charge is -2.26. The summed E-state index contributed by atoms with van der Waals surface area (Å²) in [5.74, 6) is 0.248. The number of ether oxygens (including phenoxy) is 2. The molecule has 0 unspecified atom stereocenters. The Labute approximate surface area is 140 Å². The largest absolute Gasteiger partial charge is 0.465 e. The third-order valence-corrected chi connectivity index (χ3v) is 3.66. The van der Waals surface area contributed by atoms with Gasteiger partial charge in [0, 0.05) is 43.4 Å². The molecule has 2 aromatic heterocycles. The summed E-state index contributed by atoms with van der Waals surface area (Å²) in [5.41, 5.74) is 1.89. The molecule has 3 rings (SSSR count). The van der Waals surface area contributed by atoms with Crippen molar-refractivity contribution in [1.29, 1.82) is 0 Å². The van der Waals surface area contributed by atoms with Crippen LogP contribution in [-0.2, 0) is 14.3 Å². The summed E-state index contributed by atoms with van der Waals surface area (Å²) >= 11 is 0. The van der Waals surface area contributed by atoms with E-state index in [9.17, 15) is 4.79 Å². The van der Waals surface area contributed by atoms with Crippen LogP contribution in [0, 0.1) is 0 Å². The van der Waals surface area contributed by atoms with E-state index in [1.54, 1.807) is 43.0 Å². The second kappa shape index (κ2) is 7.65. The summed E-state index contributed by atoms with van der Waals surface area (Å²) in [6, 6.07) is 3.51. The highest BCUT2D eigenvalue weighted by molar-refractivity contribution is 6.21. The zero-order valence-corrected chi connectivity index (χ0v) is 13.4. The van der Waals surface area contributed by atoms with Crippen LogP contribution < -0.4 is 4.90 Å². The number of hydrogen-bond donors (Lipinski definition) is 0. The number of nitrogens with zero attached hydrogens (tertiary/aromatic N) is 4. The van der Waals surface area contributed by atoms with Gasteiger partial charge in [0.05, 0.1) is 25.9 Å². The lowest BCUT2D eigenvalue weighted by atomic mass is 10.1. The maximum Gasteiger partial charge on any atom is 0.338 e. The Morgan fingerprint density at radius 2 is 1.88 bits per heavy atom. The van der Waals surface area contributed by atoms with Gasteiger partial charge in [0.15, 0.2) is 0 Å². The van der Waals surface area contributed by atoms with E-state index in [1.165, 1.54) is 7.11 Å². The van der Waals surface area contributed by atoms with Crippen LogP contribution >= 0.6 is 0 Å². The van der Waals surface area contributed by atoms with E-state index in [0.29, 0.717) is 24.7 Å². The van der Waals surface area contributed by atoms with Gasteiger partial charge in [-0.15, -0.1) is 0 Å². The number of pyridine rings is 1. The molecular formula is C17H18N4O3. The van der Waals surface area contributed by atoms with Crippen molar-refractivity contribution in [3.63, 3.8) is 0 Å². The highest BCUT2D eigenvalue weighted by Gasteiger charge is 2.15. The molecule has 7 heteroatoms. The van der Waals surface area contributed by atoms with Gasteiger partial charge in [-0.1, -0.05) is 0 Å². The predicted molar refractivity (Wildman–Crippen MR) is 89.2 cm³/mol. The van der Waals surface area contributed by atoms with E-state index in [2.05, 4.69) is 19.9 Å². The monoisotopic (exact) mass is 326 g/mol. The smallest absolute Gasteiger partial charge is 0.338 e. The molecule has 1 saturated heterocycles. The van der Waals surface area contributed by atoms with Crippen molar-refractivity contribution < 1.29 is 14.3 Å². The van der Waals surface area contributed by atoms with E-state index in [-0.39, 0.29) is 0 Å². The highest BCUT2D eigenvalue weighted by Crippen LogP contribution is 2.19. The van der Waals surface area contributed by atoms with E-state index in [4.69, 9.17) is 9.47 Å². The van der Waals surface area contributed by atoms with Gasteiger partial charge >= 0.3 is 5.97 Å². The molecule has 0 atom stereocenters. The van der Waals surface area contributed by atoms with Crippen LogP contribution in [0.15, 0.2) is 36.9 Å². The first-order valence-electron chi connectivity index (χ1n) is 7.63. The molecule has 1 fully saturated rings. The van der Waals surface area contributed by atoms with Gasteiger partial charge in [-0.3, -0.25) is 4.98 Å². The van der Waals surface area contributed by atoms with Gasteiger partial charge in [0.2, 0.25) is 5.95 Å². The summed E-state index contributed by atoms with van der Waals surface area (Å²) in [5, 5.41) is 0. The number of morpholine rings is 1. The van der Waals surface area contributed by atoms with Crippen LogP contribution in [0.2, 0.25) is 0 Å². The molecule has 24 heavy (non-hydrogen) atoms. The van der Waals surface area contributed by atoms with E-state index < -0.39 is 5.97 Å². The SMILES string of the molecule is COC(=O)C(=Cc1cnc(N2CCOCC2)nc1)c1ccncc1. The predicted octanol–water partition coefficient (Wildman–Crippen LogP) is 1.42. The summed E-state index contributed by atoms with van der Waals surface area (Å²) < 4.78 is 10.2. The first kappa shape index (κ1) is 16.1. The van der Waals surface area contributed by atoms with E-state index in [0.717, 1.165) is 24.2 Å². The summed E-state index contributed by atoms with van der Waals surface area (Å²) in [6.07, 6.45) is 8.36. The van der Waals surface area contributed by atoms with E-state index in [1.807, 2.05) is 0 Å². The number of carbonyl (C=O) groups excluding carboxylic acids is 1. The average Bonchev–Trinajstić information content (AvgIpc) is 2.67. The Morgan fingerprint density at radius 3 is 2.50 bits per heavy atom. The fourth-order valence-corrected chi connectivity index (χ4v) is 2.40. The van der Waals surface area contributed by atoms with Gasteiger partial charge in [-0.05, 0) is 23.8 Å². The van der Waals surface area contributed by atoms with Crippen molar-refractivity contribution in [2.45, 2.75) is 0 Å². The summed E-state index contributed by atoms with van der Waals surface area (Å²) in [7, 11) is 1.36. The average molecular weight is 326 g/mol. The first-order valence-corrected chi connectivity index (χ1v) is 7.63. The minimum Gasteiger partial charge on any atom is -0.465 e. The number of anilines is 1. The number of methoxy groups -OCH3 is 1. The Hall–Kier alpha value is -2.80. The fraction of sp³-hybridized carbons (Fsp3) is 0.294. The molecule has 0 aliphatic carbocycles. The molecule has 3 heterocycles. The topological polar surface area (TPSA) is 77.4 Å². The minimum absolute atomic E-state index is 0.418. The molecule has 0 amide bonds.